The summed E-state index contributed by atoms with van der Waals surface area (Å²) in [7, 11) is 0. The molecule has 0 spiro atoms. The molecule has 26 heavy (non-hydrogen) atoms. The number of hydrogen-bond donors (Lipinski definition) is 1. The van der Waals surface area contributed by atoms with Crippen LogP contribution >= 0.6 is 27.5 Å². The molecule has 1 amide bonds. The van der Waals surface area contributed by atoms with Crippen LogP contribution in [0.25, 0.3) is 0 Å². The summed E-state index contributed by atoms with van der Waals surface area (Å²) in [5, 5.41) is 4.48. The van der Waals surface area contributed by atoms with Gasteiger partial charge >= 0.3 is 5.97 Å². The molecule has 136 valence electrons. The van der Waals surface area contributed by atoms with Crippen molar-refractivity contribution in [3.63, 3.8) is 0 Å². The highest BCUT2D eigenvalue weighted by Gasteiger charge is 2.13. The van der Waals surface area contributed by atoms with E-state index in [0.29, 0.717) is 38.7 Å². The highest BCUT2D eigenvalue weighted by atomic mass is 79.9. The molecule has 0 unspecified atom stereocenters. The highest BCUT2D eigenvalue weighted by molar-refractivity contribution is 9.10. The van der Waals surface area contributed by atoms with Gasteiger partial charge in [-0.2, -0.15) is 5.10 Å². The van der Waals surface area contributed by atoms with Crippen molar-refractivity contribution in [3.05, 3.63) is 57.0 Å². The smallest absolute Gasteiger partial charge is 0.308 e. The molecular weight excluding hydrogens is 424 g/mol. The minimum absolute atomic E-state index is 0.293. The Balaban J connectivity index is 2.15. The standard InChI is InChI=1S/C18H16BrClN2O4/c1-3-25-16-9-12(8-15(19)17(16)26-11(2)23)10-21-22-18(24)13-4-6-14(20)7-5-13/h4-10H,3H2,1-2H3,(H,22,24)/b21-10-. The summed E-state index contributed by atoms with van der Waals surface area (Å²) in [5.74, 6) is -0.133. The van der Waals surface area contributed by atoms with E-state index < -0.39 is 5.97 Å². The predicted molar refractivity (Wildman–Crippen MR) is 103 cm³/mol. The molecule has 0 radical (unpaired) electrons. The molecule has 0 aromatic heterocycles. The Morgan fingerprint density at radius 3 is 2.58 bits per heavy atom. The largest absolute Gasteiger partial charge is 0.490 e. The van der Waals surface area contributed by atoms with Crippen LogP contribution in [0.15, 0.2) is 46.0 Å². The van der Waals surface area contributed by atoms with Crippen molar-refractivity contribution >= 4 is 45.6 Å². The number of carbonyl (C=O) groups excluding carboxylic acids is 2. The number of ether oxygens (including phenoxy) is 2. The molecule has 0 fully saturated rings. The van der Waals surface area contributed by atoms with E-state index in [0.717, 1.165) is 0 Å². The quantitative estimate of drug-likeness (QED) is 0.317. The van der Waals surface area contributed by atoms with Gasteiger partial charge in [0.15, 0.2) is 11.5 Å². The summed E-state index contributed by atoms with van der Waals surface area (Å²) in [6.45, 7) is 3.52. The first kappa shape index (κ1) is 19.9. The summed E-state index contributed by atoms with van der Waals surface area (Å²) in [4.78, 5) is 23.2. The first-order valence-electron chi connectivity index (χ1n) is 7.64. The monoisotopic (exact) mass is 438 g/mol. The molecule has 0 bridgehead atoms. The van der Waals surface area contributed by atoms with Crippen molar-refractivity contribution in [2.45, 2.75) is 13.8 Å². The van der Waals surface area contributed by atoms with Crippen molar-refractivity contribution in [1.82, 2.24) is 5.43 Å². The van der Waals surface area contributed by atoms with E-state index in [1.54, 1.807) is 36.4 Å². The molecule has 2 rings (SSSR count). The van der Waals surface area contributed by atoms with Crippen molar-refractivity contribution in [1.29, 1.82) is 0 Å². The van der Waals surface area contributed by atoms with E-state index in [1.165, 1.54) is 13.1 Å². The van der Waals surface area contributed by atoms with E-state index in [1.807, 2.05) is 6.92 Å². The zero-order valence-corrected chi connectivity index (χ0v) is 16.4. The fourth-order valence-electron chi connectivity index (χ4n) is 2.00. The first-order valence-corrected chi connectivity index (χ1v) is 8.81. The van der Waals surface area contributed by atoms with Gasteiger partial charge in [0.05, 0.1) is 17.3 Å². The van der Waals surface area contributed by atoms with Gasteiger partial charge in [0.1, 0.15) is 0 Å². The number of hydrogen-bond acceptors (Lipinski definition) is 5. The van der Waals surface area contributed by atoms with Crippen LogP contribution < -0.4 is 14.9 Å². The lowest BCUT2D eigenvalue weighted by molar-refractivity contribution is -0.132. The van der Waals surface area contributed by atoms with Gasteiger partial charge in [-0.15, -0.1) is 0 Å². The van der Waals surface area contributed by atoms with Gasteiger partial charge < -0.3 is 9.47 Å². The molecule has 2 aromatic rings. The average molecular weight is 440 g/mol. The van der Waals surface area contributed by atoms with Crippen LogP contribution in [0.2, 0.25) is 5.02 Å². The summed E-state index contributed by atoms with van der Waals surface area (Å²) in [5.41, 5.74) is 3.51. The van der Waals surface area contributed by atoms with Gasteiger partial charge in [-0.25, -0.2) is 5.43 Å². The topological polar surface area (TPSA) is 77.0 Å². The third-order valence-electron chi connectivity index (χ3n) is 3.06. The van der Waals surface area contributed by atoms with Crippen LogP contribution in [0.4, 0.5) is 0 Å². The van der Waals surface area contributed by atoms with Crippen LogP contribution in [-0.4, -0.2) is 24.7 Å². The summed E-state index contributed by atoms with van der Waals surface area (Å²) in [6.07, 6.45) is 1.46. The van der Waals surface area contributed by atoms with Crippen LogP contribution in [-0.2, 0) is 4.79 Å². The molecule has 1 N–H and O–H groups in total. The SMILES string of the molecule is CCOc1cc(/C=N\NC(=O)c2ccc(Cl)cc2)cc(Br)c1OC(C)=O. The maximum atomic E-state index is 12.0. The Morgan fingerprint density at radius 2 is 1.96 bits per heavy atom. The van der Waals surface area contributed by atoms with Gasteiger partial charge in [0.25, 0.3) is 5.91 Å². The van der Waals surface area contributed by atoms with Crippen LogP contribution in [0.5, 0.6) is 11.5 Å². The zero-order chi connectivity index (χ0) is 19.1. The number of amides is 1. The Morgan fingerprint density at radius 1 is 1.27 bits per heavy atom. The number of esters is 1. The third kappa shape index (κ3) is 5.57. The summed E-state index contributed by atoms with van der Waals surface area (Å²) < 4.78 is 11.2. The molecule has 0 heterocycles. The summed E-state index contributed by atoms with van der Waals surface area (Å²) in [6, 6.07) is 9.80. The van der Waals surface area contributed by atoms with Crippen molar-refractivity contribution in [3.8, 4) is 11.5 Å². The van der Waals surface area contributed by atoms with E-state index in [-0.39, 0.29) is 5.91 Å². The molecule has 0 saturated carbocycles. The number of nitrogens with zero attached hydrogens (tertiary/aromatic N) is 1. The Labute approximate surface area is 164 Å². The predicted octanol–water partition coefficient (Wildman–Crippen LogP) is 4.19. The minimum Gasteiger partial charge on any atom is -0.490 e. The van der Waals surface area contributed by atoms with E-state index in [2.05, 4.69) is 26.5 Å². The van der Waals surface area contributed by atoms with E-state index in [9.17, 15) is 9.59 Å². The zero-order valence-electron chi connectivity index (χ0n) is 14.1. The fraction of sp³-hybridized carbons (Fsp3) is 0.167. The molecule has 0 atom stereocenters. The van der Waals surface area contributed by atoms with E-state index in [4.69, 9.17) is 21.1 Å². The van der Waals surface area contributed by atoms with Crippen molar-refractivity contribution < 1.29 is 19.1 Å². The van der Waals surface area contributed by atoms with Gasteiger partial charge in [-0.3, -0.25) is 9.59 Å². The maximum Gasteiger partial charge on any atom is 0.308 e. The van der Waals surface area contributed by atoms with Gasteiger partial charge in [0, 0.05) is 17.5 Å². The number of nitrogens with one attached hydrogen (secondary N) is 1. The third-order valence-corrected chi connectivity index (χ3v) is 3.90. The Kier molecular flexibility index (Phi) is 7.17. The number of rotatable bonds is 6. The normalized spacial score (nSPS) is 10.6. The average Bonchev–Trinajstić information content (AvgIpc) is 2.58. The first-order chi connectivity index (χ1) is 12.4. The molecule has 8 heteroatoms. The van der Waals surface area contributed by atoms with Crippen LogP contribution in [0.3, 0.4) is 0 Å². The molecule has 0 aliphatic carbocycles. The number of hydrazone groups is 1. The Hall–Kier alpha value is -2.38. The fourth-order valence-corrected chi connectivity index (χ4v) is 2.67. The lowest BCUT2D eigenvalue weighted by atomic mass is 10.2. The number of halogens is 2. The molecule has 0 aliphatic heterocycles. The molecule has 0 saturated heterocycles. The second-order valence-corrected chi connectivity index (χ2v) is 6.35. The molecule has 0 aliphatic rings. The molecule has 6 nitrogen and oxygen atoms in total. The summed E-state index contributed by atoms with van der Waals surface area (Å²) >= 11 is 9.13. The Bertz CT molecular complexity index is 838. The molecule has 2 aromatic carbocycles. The van der Waals surface area contributed by atoms with Crippen molar-refractivity contribution in [2.75, 3.05) is 6.61 Å². The van der Waals surface area contributed by atoms with Gasteiger partial charge in [-0.05, 0) is 64.8 Å². The molecular formula is C18H16BrClN2O4. The highest BCUT2D eigenvalue weighted by Crippen LogP contribution is 2.36. The lowest BCUT2D eigenvalue weighted by Gasteiger charge is -2.12. The van der Waals surface area contributed by atoms with Gasteiger partial charge in [0.2, 0.25) is 0 Å². The lowest BCUT2D eigenvalue weighted by Crippen LogP contribution is -2.17. The second kappa shape index (κ2) is 9.35. The van der Waals surface area contributed by atoms with Crippen LogP contribution in [0, 0.1) is 0 Å². The van der Waals surface area contributed by atoms with Crippen LogP contribution in [0.1, 0.15) is 29.8 Å². The number of carbonyl (C=O) groups is 2. The number of benzene rings is 2. The maximum absolute atomic E-state index is 12.0. The second-order valence-electron chi connectivity index (χ2n) is 5.06. The van der Waals surface area contributed by atoms with E-state index >= 15 is 0 Å². The minimum atomic E-state index is -0.455. The van der Waals surface area contributed by atoms with Crippen molar-refractivity contribution in [2.24, 2.45) is 5.10 Å². The van der Waals surface area contributed by atoms with Gasteiger partial charge in [-0.1, -0.05) is 11.6 Å².